The molecule has 0 aromatic heterocycles. The average molecular weight is 334 g/mol. The molecular formula is C10H26NO7P2+. The maximum absolute atomic E-state index is 11.2. The SMILES string of the molecule is CCCCC[N+](C)(C)CCC(O)(P(=O)(O)O)P(=O)(O)O. The lowest BCUT2D eigenvalue weighted by Gasteiger charge is -2.35. The van der Waals surface area contributed by atoms with Crippen molar-refractivity contribution in [2.75, 3.05) is 27.2 Å². The minimum absolute atomic E-state index is 0.0520. The van der Waals surface area contributed by atoms with Gasteiger partial charge in [-0.3, -0.25) is 9.13 Å². The second-order valence-electron chi connectivity index (χ2n) is 5.70. The van der Waals surface area contributed by atoms with Crippen LogP contribution in [0.4, 0.5) is 0 Å². The Bertz CT molecular complexity index is 378. The van der Waals surface area contributed by atoms with E-state index in [1.165, 1.54) is 0 Å². The van der Waals surface area contributed by atoms with Crippen LogP contribution < -0.4 is 0 Å². The Balaban J connectivity index is 4.89. The van der Waals surface area contributed by atoms with Gasteiger partial charge in [0.2, 0.25) is 0 Å². The molecule has 0 spiro atoms. The molecule has 0 unspecified atom stereocenters. The number of hydrogen-bond donors (Lipinski definition) is 5. The summed E-state index contributed by atoms with van der Waals surface area (Å²) in [5, 5.41) is 6.48. The molecule has 5 N–H and O–H groups in total. The van der Waals surface area contributed by atoms with Crippen LogP contribution in [-0.4, -0.2) is 61.4 Å². The molecule has 0 bridgehead atoms. The fourth-order valence-electron chi connectivity index (χ4n) is 1.82. The third-order valence-electron chi connectivity index (χ3n) is 3.35. The second kappa shape index (κ2) is 6.99. The number of quaternary nitrogens is 1. The number of unbranched alkanes of at least 4 members (excludes halogenated alkanes) is 2. The lowest BCUT2D eigenvalue weighted by Crippen LogP contribution is -2.44. The molecule has 0 aromatic rings. The van der Waals surface area contributed by atoms with Crippen molar-refractivity contribution in [2.24, 2.45) is 0 Å². The molecule has 10 heteroatoms. The fourth-order valence-corrected chi connectivity index (χ4v) is 3.96. The van der Waals surface area contributed by atoms with Gasteiger partial charge < -0.3 is 29.2 Å². The fraction of sp³-hybridized carbons (Fsp3) is 1.00. The van der Waals surface area contributed by atoms with Gasteiger partial charge in [-0.15, -0.1) is 0 Å². The summed E-state index contributed by atoms with van der Waals surface area (Å²) in [5.74, 6) is 0. The van der Waals surface area contributed by atoms with Gasteiger partial charge in [0, 0.05) is 6.42 Å². The van der Waals surface area contributed by atoms with Gasteiger partial charge in [0.15, 0.2) is 0 Å². The standard InChI is InChI=1S/C10H25NO7P2/c1-4-5-6-8-11(2,3)9-7-10(12,19(13,14)15)20(16,17)18/h12H,4-9H2,1-3H3,(H3-,13,14,15,16,17,18)/p+1. The van der Waals surface area contributed by atoms with Gasteiger partial charge in [0.1, 0.15) is 0 Å². The van der Waals surface area contributed by atoms with Crippen LogP contribution in [0.3, 0.4) is 0 Å². The van der Waals surface area contributed by atoms with Crippen molar-refractivity contribution in [3.8, 4) is 0 Å². The third-order valence-corrected chi connectivity index (χ3v) is 7.23. The molecule has 0 saturated carbocycles. The molecular weight excluding hydrogens is 308 g/mol. The second-order valence-corrected chi connectivity index (χ2v) is 9.71. The lowest BCUT2D eigenvalue weighted by atomic mass is 10.2. The molecule has 20 heavy (non-hydrogen) atoms. The van der Waals surface area contributed by atoms with Crippen molar-refractivity contribution < 1.29 is 38.3 Å². The maximum atomic E-state index is 11.2. The molecule has 122 valence electrons. The summed E-state index contributed by atoms with van der Waals surface area (Å²) < 4.78 is 22.8. The zero-order valence-corrected chi connectivity index (χ0v) is 13.9. The minimum Gasteiger partial charge on any atom is -0.367 e. The first-order chi connectivity index (χ1) is 8.77. The van der Waals surface area contributed by atoms with E-state index in [-0.39, 0.29) is 6.54 Å². The Hall–Kier alpha value is 0.220. The minimum atomic E-state index is -5.34. The first kappa shape index (κ1) is 20.2. The molecule has 0 aliphatic heterocycles. The number of aliphatic hydroxyl groups is 1. The average Bonchev–Trinajstić information content (AvgIpc) is 2.23. The van der Waals surface area contributed by atoms with Gasteiger partial charge in [0.25, 0.3) is 5.08 Å². The van der Waals surface area contributed by atoms with E-state index in [4.69, 9.17) is 19.6 Å². The van der Waals surface area contributed by atoms with Crippen molar-refractivity contribution in [2.45, 2.75) is 37.7 Å². The summed E-state index contributed by atoms with van der Waals surface area (Å²) in [5.41, 5.74) is 0. The summed E-state index contributed by atoms with van der Waals surface area (Å²) in [6.07, 6.45) is 2.26. The van der Waals surface area contributed by atoms with Gasteiger partial charge in [-0.05, 0) is 12.8 Å². The molecule has 0 amide bonds. The first-order valence-electron chi connectivity index (χ1n) is 6.42. The van der Waals surface area contributed by atoms with E-state index in [0.29, 0.717) is 11.0 Å². The summed E-state index contributed by atoms with van der Waals surface area (Å²) in [6.45, 7) is 2.79. The highest BCUT2D eigenvalue weighted by Crippen LogP contribution is 2.68. The van der Waals surface area contributed by atoms with Crippen molar-refractivity contribution in [1.29, 1.82) is 0 Å². The van der Waals surface area contributed by atoms with E-state index in [1.807, 2.05) is 6.92 Å². The molecule has 0 atom stereocenters. The molecule has 0 aliphatic rings. The van der Waals surface area contributed by atoms with Crippen LogP contribution >= 0.6 is 15.2 Å². The highest BCUT2D eigenvalue weighted by Gasteiger charge is 2.59. The van der Waals surface area contributed by atoms with Crippen LogP contribution in [0.2, 0.25) is 0 Å². The van der Waals surface area contributed by atoms with Gasteiger partial charge >= 0.3 is 15.2 Å². The van der Waals surface area contributed by atoms with Crippen molar-refractivity contribution in [3.05, 3.63) is 0 Å². The molecule has 0 rings (SSSR count). The monoisotopic (exact) mass is 334 g/mol. The van der Waals surface area contributed by atoms with Crippen LogP contribution in [0.25, 0.3) is 0 Å². The predicted octanol–water partition coefficient (Wildman–Crippen LogP) is 0.645. The van der Waals surface area contributed by atoms with Crippen molar-refractivity contribution in [3.63, 3.8) is 0 Å². The zero-order chi connectivity index (χ0) is 16.2. The number of hydrogen-bond acceptors (Lipinski definition) is 3. The van der Waals surface area contributed by atoms with E-state index >= 15 is 0 Å². The van der Waals surface area contributed by atoms with E-state index in [0.717, 1.165) is 19.3 Å². The Morgan fingerprint density at radius 2 is 1.40 bits per heavy atom. The van der Waals surface area contributed by atoms with E-state index in [1.54, 1.807) is 14.1 Å². The quantitative estimate of drug-likeness (QED) is 0.237. The summed E-state index contributed by atoms with van der Waals surface area (Å²) >= 11 is 0. The van der Waals surface area contributed by atoms with E-state index in [2.05, 4.69) is 0 Å². The Kier molecular flexibility index (Phi) is 7.06. The normalized spacial score (nSPS) is 14.6. The van der Waals surface area contributed by atoms with Crippen LogP contribution in [0.5, 0.6) is 0 Å². The van der Waals surface area contributed by atoms with E-state index < -0.39 is 26.7 Å². The van der Waals surface area contributed by atoms with E-state index in [9.17, 15) is 14.2 Å². The summed E-state index contributed by atoms with van der Waals surface area (Å²) in [7, 11) is -7.11. The molecule has 0 fully saturated rings. The molecule has 0 aromatic carbocycles. The predicted molar refractivity (Wildman–Crippen MR) is 75.0 cm³/mol. The van der Waals surface area contributed by atoms with Crippen LogP contribution in [0.15, 0.2) is 0 Å². The Labute approximate surface area is 119 Å². The highest BCUT2D eigenvalue weighted by atomic mass is 31.2. The topological polar surface area (TPSA) is 135 Å². The highest BCUT2D eigenvalue weighted by molar-refractivity contribution is 7.72. The zero-order valence-electron chi connectivity index (χ0n) is 12.1. The molecule has 0 heterocycles. The largest absolute Gasteiger partial charge is 0.369 e. The van der Waals surface area contributed by atoms with Gasteiger partial charge in [-0.2, -0.15) is 0 Å². The Morgan fingerprint density at radius 1 is 0.950 bits per heavy atom. The number of nitrogens with zero attached hydrogens (tertiary/aromatic N) is 1. The van der Waals surface area contributed by atoms with Gasteiger partial charge in [-0.25, -0.2) is 0 Å². The maximum Gasteiger partial charge on any atom is 0.369 e. The number of rotatable bonds is 9. The van der Waals surface area contributed by atoms with Crippen molar-refractivity contribution >= 4 is 15.2 Å². The van der Waals surface area contributed by atoms with Crippen LogP contribution in [0, 0.1) is 0 Å². The smallest absolute Gasteiger partial charge is 0.367 e. The van der Waals surface area contributed by atoms with Gasteiger partial charge in [0.05, 0.1) is 27.2 Å². The summed E-state index contributed by atoms with van der Waals surface area (Å²) in [6, 6.07) is 0. The third kappa shape index (κ3) is 5.54. The molecule has 0 saturated heterocycles. The van der Waals surface area contributed by atoms with Gasteiger partial charge in [-0.1, -0.05) is 13.3 Å². The summed E-state index contributed by atoms with van der Waals surface area (Å²) in [4.78, 5) is 36.2. The Morgan fingerprint density at radius 3 is 1.75 bits per heavy atom. The molecule has 0 radical (unpaired) electrons. The van der Waals surface area contributed by atoms with Crippen molar-refractivity contribution in [1.82, 2.24) is 0 Å². The lowest BCUT2D eigenvalue weighted by molar-refractivity contribution is -0.891. The molecule has 8 nitrogen and oxygen atoms in total. The first-order valence-corrected chi connectivity index (χ1v) is 9.65. The molecule has 0 aliphatic carbocycles. The van der Waals surface area contributed by atoms with Crippen LogP contribution in [0.1, 0.15) is 32.6 Å². The van der Waals surface area contributed by atoms with Crippen LogP contribution in [-0.2, 0) is 9.13 Å².